The van der Waals surface area contributed by atoms with Crippen LogP contribution in [0.3, 0.4) is 0 Å². The van der Waals surface area contributed by atoms with Crippen LogP contribution in [0.4, 0.5) is 0 Å². The van der Waals surface area contributed by atoms with Crippen molar-refractivity contribution in [2.45, 2.75) is 105 Å². The van der Waals surface area contributed by atoms with Gasteiger partial charge in [0.2, 0.25) is 6.41 Å². The second kappa shape index (κ2) is 16.3. The van der Waals surface area contributed by atoms with Crippen LogP contribution in [0.5, 0.6) is 0 Å². The standard InChI is InChI=1S/C21H43NO/c1-20(2)15-11-7-5-9-13-17-22(19-23)18-14-10-6-8-12-16-21(3)4/h19-21H,5-18H2,1-4H3. The fraction of sp³-hybridized carbons (Fsp3) is 0.952. The highest BCUT2D eigenvalue weighted by atomic mass is 16.1. The predicted octanol–water partition coefficient (Wildman–Crippen LogP) is 6.44. The second-order valence-corrected chi connectivity index (χ2v) is 8.04. The van der Waals surface area contributed by atoms with Crippen molar-refractivity contribution < 1.29 is 4.79 Å². The molecule has 0 saturated heterocycles. The number of hydrogen-bond donors (Lipinski definition) is 0. The van der Waals surface area contributed by atoms with E-state index in [1.807, 2.05) is 4.90 Å². The molecule has 0 heterocycles. The molecule has 0 radical (unpaired) electrons. The minimum absolute atomic E-state index is 0.839. The summed E-state index contributed by atoms with van der Waals surface area (Å²) in [4.78, 5) is 13.1. The Bertz CT molecular complexity index is 228. The molecule has 0 aromatic rings. The van der Waals surface area contributed by atoms with Gasteiger partial charge in [-0.05, 0) is 24.7 Å². The van der Waals surface area contributed by atoms with Crippen LogP contribution in [-0.2, 0) is 4.79 Å². The molecular weight excluding hydrogens is 282 g/mol. The van der Waals surface area contributed by atoms with Crippen LogP contribution in [0, 0.1) is 11.8 Å². The highest BCUT2D eigenvalue weighted by Gasteiger charge is 2.02. The second-order valence-electron chi connectivity index (χ2n) is 8.04. The first kappa shape index (κ1) is 22.5. The molecule has 0 aromatic carbocycles. The zero-order valence-electron chi connectivity index (χ0n) is 16.5. The van der Waals surface area contributed by atoms with E-state index in [1.54, 1.807) is 0 Å². The van der Waals surface area contributed by atoms with E-state index in [-0.39, 0.29) is 0 Å². The summed E-state index contributed by atoms with van der Waals surface area (Å²) in [7, 11) is 0. The maximum absolute atomic E-state index is 11.1. The first-order chi connectivity index (χ1) is 11.1. The molecule has 0 unspecified atom stereocenters. The van der Waals surface area contributed by atoms with Crippen molar-refractivity contribution in [3.8, 4) is 0 Å². The molecule has 0 saturated carbocycles. The summed E-state index contributed by atoms with van der Waals surface area (Å²) in [5.41, 5.74) is 0. The van der Waals surface area contributed by atoms with E-state index in [0.717, 1.165) is 31.3 Å². The molecule has 0 fully saturated rings. The molecule has 1 amide bonds. The third kappa shape index (κ3) is 17.7. The van der Waals surface area contributed by atoms with Gasteiger partial charge in [-0.1, -0.05) is 91.9 Å². The number of hydrogen-bond acceptors (Lipinski definition) is 1. The Hall–Kier alpha value is -0.530. The van der Waals surface area contributed by atoms with Crippen molar-refractivity contribution in [1.82, 2.24) is 4.90 Å². The largest absolute Gasteiger partial charge is 0.345 e. The van der Waals surface area contributed by atoms with Crippen LogP contribution in [0.1, 0.15) is 105 Å². The zero-order valence-corrected chi connectivity index (χ0v) is 16.5. The predicted molar refractivity (Wildman–Crippen MR) is 103 cm³/mol. The monoisotopic (exact) mass is 325 g/mol. The molecule has 0 atom stereocenters. The van der Waals surface area contributed by atoms with Gasteiger partial charge in [0.15, 0.2) is 0 Å². The Kier molecular flexibility index (Phi) is 16.0. The van der Waals surface area contributed by atoms with E-state index in [2.05, 4.69) is 27.7 Å². The van der Waals surface area contributed by atoms with Crippen LogP contribution in [0.2, 0.25) is 0 Å². The van der Waals surface area contributed by atoms with Crippen LogP contribution in [-0.4, -0.2) is 24.4 Å². The summed E-state index contributed by atoms with van der Waals surface area (Å²) in [5.74, 6) is 1.68. The quantitative estimate of drug-likeness (QED) is 0.223. The number of rotatable bonds is 17. The lowest BCUT2D eigenvalue weighted by Gasteiger charge is -2.17. The van der Waals surface area contributed by atoms with Gasteiger partial charge in [0.25, 0.3) is 0 Å². The van der Waals surface area contributed by atoms with Gasteiger partial charge in [0.05, 0.1) is 0 Å². The van der Waals surface area contributed by atoms with Gasteiger partial charge in [-0.15, -0.1) is 0 Å². The average Bonchev–Trinajstić information content (AvgIpc) is 2.50. The normalized spacial score (nSPS) is 11.4. The average molecular weight is 326 g/mol. The Morgan fingerprint density at radius 3 is 1.30 bits per heavy atom. The number of unbranched alkanes of at least 4 members (excludes halogenated alkanes) is 8. The van der Waals surface area contributed by atoms with Crippen molar-refractivity contribution >= 4 is 6.41 Å². The highest BCUT2D eigenvalue weighted by Crippen LogP contribution is 2.12. The molecule has 2 heteroatoms. The highest BCUT2D eigenvalue weighted by molar-refractivity contribution is 5.46. The third-order valence-electron chi connectivity index (χ3n) is 4.60. The Labute approximate surface area is 146 Å². The van der Waals surface area contributed by atoms with Gasteiger partial charge in [0, 0.05) is 13.1 Å². The Morgan fingerprint density at radius 2 is 0.957 bits per heavy atom. The lowest BCUT2D eigenvalue weighted by atomic mass is 10.0. The van der Waals surface area contributed by atoms with Crippen molar-refractivity contribution in [2.75, 3.05) is 13.1 Å². The number of nitrogens with zero attached hydrogens (tertiary/aromatic N) is 1. The maximum atomic E-state index is 11.1. The summed E-state index contributed by atoms with van der Waals surface area (Å²) in [6, 6.07) is 0. The summed E-state index contributed by atoms with van der Waals surface area (Å²) in [6.07, 6.45) is 16.8. The lowest BCUT2D eigenvalue weighted by molar-refractivity contribution is -0.118. The maximum Gasteiger partial charge on any atom is 0.209 e. The first-order valence-electron chi connectivity index (χ1n) is 10.3. The molecule has 0 aliphatic heterocycles. The molecule has 0 N–H and O–H groups in total. The minimum atomic E-state index is 0.839. The molecule has 0 rings (SSSR count). The molecule has 0 bridgehead atoms. The van der Waals surface area contributed by atoms with E-state index in [1.165, 1.54) is 77.0 Å². The van der Waals surface area contributed by atoms with Crippen molar-refractivity contribution in [3.63, 3.8) is 0 Å². The van der Waals surface area contributed by atoms with Gasteiger partial charge in [-0.2, -0.15) is 0 Å². The summed E-state index contributed by atoms with van der Waals surface area (Å²) >= 11 is 0. The topological polar surface area (TPSA) is 20.3 Å². The fourth-order valence-corrected chi connectivity index (χ4v) is 3.01. The van der Waals surface area contributed by atoms with Gasteiger partial charge in [-0.25, -0.2) is 0 Å². The molecule has 23 heavy (non-hydrogen) atoms. The van der Waals surface area contributed by atoms with E-state index in [4.69, 9.17) is 0 Å². The van der Waals surface area contributed by atoms with Crippen molar-refractivity contribution in [2.24, 2.45) is 11.8 Å². The van der Waals surface area contributed by atoms with Crippen LogP contribution in [0.25, 0.3) is 0 Å². The summed E-state index contributed by atoms with van der Waals surface area (Å²) in [5, 5.41) is 0. The molecular formula is C21H43NO. The van der Waals surface area contributed by atoms with E-state index in [0.29, 0.717) is 0 Å². The first-order valence-corrected chi connectivity index (χ1v) is 10.3. The van der Waals surface area contributed by atoms with Crippen molar-refractivity contribution in [1.29, 1.82) is 0 Å². The van der Waals surface area contributed by atoms with E-state index < -0.39 is 0 Å². The van der Waals surface area contributed by atoms with Gasteiger partial charge >= 0.3 is 0 Å². The zero-order chi connectivity index (χ0) is 17.3. The van der Waals surface area contributed by atoms with Crippen LogP contribution >= 0.6 is 0 Å². The number of amides is 1. The van der Waals surface area contributed by atoms with Crippen molar-refractivity contribution in [3.05, 3.63) is 0 Å². The molecule has 2 nitrogen and oxygen atoms in total. The van der Waals surface area contributed by atoms with E-state index in [9.17, 15) is 4.79 Å². The molecule has 0 spiro atoms. The molecule has 138 valence electrons. The van der Waals surface area contributed by atoms with Crippen LogP contribution in [0.15, 0.2) is 0 Å². The minimum Gasteiger partial charge on any atom is -0.345 e. The van der Waals surface area contributed by atoms with Gasteiger partial charge in [0.1, 0.15) is 0 Å². The lowest BCUT2D eigenvalue weighted by Crippen LogP contribution is -2.24. The number of carbonyl (C=O) groups is 1. The third-order valence-corrected chi connectivity index (χ3v) is 4.60. The van der Waals surface area contributed by atoms with Gasteiger partial charge < -0.3 is 4.90 Å². The van der Waals surface area contributed by atoms with E-state index >= 15 is 0 Å². The molecule has 0 aliphatic carbocycles. The molecule has 0 aromatic heterocycles. The summed E-state index contributed by atoms with van der Waals surface area (Å²) < 4.78 is 0. The number of carbonyl (C=O) groups excluding carboxylic acids is 1. The van der Waals surface area contributed by atoms with Gasteiger partial charge in [-0.3, -0.25) is 4.79 Å². The SMILES string of the molecule is CC(C)CCCCCCCN(C=O)CCCCCCCC(C)C. The fourth-order valence-electron chi connectivity index (χ4n) is 3.01. The Balaban J connectivity index is 3.37. The summed E-state index contributed by atoms with van der Waals surface area (Å²) in [6.45, 7) is 11.1. The smallest absolute Gasteiger partial charge is 0.209 e. The molecule has 0 aliphatic rings. The van der Waals surface area contributed by atoms with Crippen LogP contribution < -0.4 is 0 Å². The Morgan fingerprint density at radius 1 is 0.609 bits per heavy atom.